The number of ether oxygens (including phenoxy) is 4. The number of methoxy groups -OCH3 is 2. The van der Waals surface area contributed by atoms with Gasteiger partial charge in [-0.05, 0) is 24.3 Å². The second kappa shape index (κ2) is 13.4. The minimum Gasteiger partial charge on any atom is -0.469 e. The third-order valence-electron chi connectivity index (χ3n) is 5.21. The quantitative estimate of drug-likeness (QED) is 0.230. The largest absolute Gasteiger partial charge is 0.469 e. The smallest absolute Gasteiger partial charge is 0.338 e. The van der Waals surface area contributed by atoms with E-state index in [9.17, 15) is 24.0 Å². The predicted molar refractivity (Wildman–Crippen MR) is 121 cm³/mol. The summed E-state index contributed by atoms with van der Waals surface area (Å²) >= 11 is 0. The Bertz CT molecular complexity index is 904. The molecule has 0 radical (unpaired) electrons. The van der Waals surface area contributed by atoms with Gasteiger partial charge in [-0.15, -0.1) is 0 Å². The Morgan fingerprint density at radius 3 is 2.23 bits per heavy atom. The molecule has 35 heavy (non-hydrogen) atoms. The first-order chi connectivity index (χ1) is 16.7. The fourth-order valence-electron chi connectivity index (χ4n) is 3.29. The van der Waals surface area contributed by atoms with Gasteiger partial charge in [0.1, 0.15) is 18.7 Å². The lowest BCUT2D eigenvalue weighted by Crippen LogP contribution is -2.53. The van der Waals surface area contributed by atoms with E-state index in [1.165, 1.54) is 7.11 Å². The summed E-state index contributed by atoms with van der Waals surface area (Å²) in [5, 5.41) is 5.10. The molecule has 1 aromatic carbocycles. The van der Waals surface area contributed by atoms with Gasteiger partial charge in [0.25, 0.3) is 5.91 Å². The number of rotatable bonds is 13. The molecule has 1 heterocycles. The van der Waals surface area contributed by atoms with Crippen molar-refractivity contribution in [1.29, 1.82) is 0 Å². The molecule has 1 aliphatic rings. The standard InChI is InChI=1S/C24H32N2O9/c1-14(2)12-17(21(28)25-16(23(30)33-4)10-11-18(27)32-3)26-22(29)19-20(35-19)24(31)34-13-15-8-6-5-7-9-15/h5-9,14,16-17,19-20H,10-13H2,1-4H3,(H,25,28)(H,26,29)/t16-,17-,19-,20-/m0/s1. The second-order valence-corrected chi connectivity index (χ2v) is 8.46. The molecule has 11 nitrogen and oxygen atoms in total. The Balaban J connectivity index is 1.93. The van der Waals surface area contributed by atoms with E-state index in [0.29, 0.717) is 0 Å². The minimum atomic E-state index is -1.10. The summed E-state index contributed by atoms with van der Waals surface area (Å²) in [6, 6.07) is 6.96. The molecule has 0 bridgehead atoms. The van der Waals surface area contributed by atoms with Crippen LogP contribution in [0.5, 0.6) is 0 Å². The van der Waals surface area contributed by atoms with Crippen molar-refractivity contribution in [3.05, 3.63) is 35.9 Å². The Kier molecular flexibility index (Phi) is 10.7. The zero-order valence-electron chi connectivity index (χ0n) is 20.3. The SMILES string of the molecule is COC(=O)CC[C@H](NC(=O)[C@H](CC(C)C)NC(=O)[C@H]1O[C@@H]1C(=O)OCc1ccccc1)C(=O)OC. The van der Waals surface area contributed by atoms with Crippen LogP contribution < -0.4 is 10.6 Å². The fraction of sp³-hybridized carbons (Fsp3) is 0.542. The molecule has 1 saturated heterocycles. The Morgan fingerprint density at radius 2 is 1.63 bits per heavy atom. The Labute approximate surface area is 203 Å². The van der Waals surface area contributed by atoms with E-state index in [4.69, 9.17) is 14.2 Å². The lowest BCUT2D eigenvalue weighted by Gasteiger charge is -2.23. The van der Waals surface area contributed by atoms with Crippen molar-refractivity contribution >= 4 is 29.7 Å². The summed E-state index contributed by atoms with van der Waals surface area (Å²) in [4.78, 5) is 61.2. The van der Waals surface area contributed by atoms with Gasteiger partial charge in [-0.25, -0.2) is 9.59 Å². The van der Waals surface area contributed by atoms with Gasteiger partial charge in [-0.1, -0.05) is 44.2 Å². The zero-order valence-corrected chi connectivity index (χ0v) is 20.3. The third-order valence-corrected chi connectivity index (χ3v) is 5.21. The summed E-state index contributed by atoms with van der Waals surface area (Å²) in [6.07, 6.45) is -2.01. The van der Waals surface area contributed by atoms with Crippen molar-refractivity contribution < 1.29 is 42.9 Å². The molecule has 2 amide bonds. The van der Waals surface area contributed by atoms with Gasteiger partial charge in [0.15, 0.2) is 12.2 Å². The number of epoxide rings is 1. The maximum atomic E-state index is 12.9. The number of carbonyl (C=O) groups excluding carboxylic acids is 5. The first-order valence-electron chi connectivity index (χ1n) is 11.3. The highest BCUT2D eigenvalue weighted by molar-refractivity contribution is 5.96. The number of benzene rings is 1. The summed E-state index contributed by atoms with van der Waals surface area (Å²) < 4.78 is 19.6. The molecule has 11 heteroatoms. The monoisotopic (exact) mass is 492 g/mol. The van der Waals surface area contributed by atoms with Crippen LogP contribution in [-0.4, -0.2) is 68.2 Å². The number of amides is 2. The van der Waals surface area contributed by atoms with E-state index in [0.717, 1.165) is 12.7 Å². The minimum absolute atomic E-state index is 0.0180. The average molecular weight is 493 g/mol. The zero-order chi connectivity index (χ0) is 26.0. The van der Waals surface area contributed by atoms with Crippen LogP contribution in [0.25, 0.3) is 0 Å². The van der Waals surface area contributed by atoms with E-state index in [2.05, 4.69) is 15.4 Å². The fourth-order valence-corrected chi connectivity index (χ4v) is 3.29. The van der Waals surface area contributed by atoms with E-state index in [1.807, 2.05) is 32.0 Å². The van der Waals surface area contributed by atoms with Crippen LogP contribution in [0.4, 0.5) is 0 Å². The van der Waals surface area contributed by atoms with Gasteiger partial charge in [-0.2, -0.15) is 0 Å². The molecule has 0 unspecified atom stereocenters. The molecule has 2 rings (SSSR count). The van der Waals surface area contributed by atoms with Crippen molar-refractivity contribution in [2.45, 2.75) is 64.0 Å². The normalized spacial score (nSPS) is 18.1. The van der Waals surface area contributed by atoms with E-state index >= 15 is 0 Å². The van der Waals surface area contributed by atoms with Gasteiger partial charge in [-0.3, -0.25) is 14.4 Å². The summed E-state index contributed by atoms with van der Waals surface area (Å²) in [5.41, 5.74) is 0.795. The predicted octanol–water partition coefficient (Wildman–Crippen LogP) is 0.639. The summed E-state index contributed by atoms with van der Waals surface area (Å²) in [6.45, 7) is 3.77. The number of nitrogens with one attached hydrogen (secondary N) is 2. The van der Waals surface area contributed by atoms with Crippen LogP contribution in [0.15, 0.2) is 30.3 Å². The third kappa shape index (κ3) is 9.01. The molecule has 1 aromatic rings. The summed E-state index contributed by atoms with van der Waals surface area (Å²) in [7, 11) is 2.38. The van der Waals surface area contributed by atoms with Gasteiger partial charge < -0.3 is 29.6 Å². The molecule has 0 saturated carbocycles. The summed E-state index contributed by atoms with van der Waals surface area (Å²) in [5.74, 6) is -3.20. The van der Waals surface area contributed by atoms with Crippen LogP contribution in [0.2, 0.25) is 0 Å². The van der Waals surface area contributed by atoms with E-state index in [-0.39, 0.29) is 31.8 Å². The lowest BCUT2D eigenvalue weighted by atomic mass is 10.0. The molecular formula is C24H32N2O9. The van der Waals surface area contributed by atoms with Crippen molar-refractivity contribution in [1.82, 2.24) is 10.6 Å². The highest BCUT2D eigenvalue weighted by Gasteiger charge is 2.52. The van der Waals surface area contributed by atoms with Gasteiger partial charge >= 0.3 is 17.9 Å². The number of hydrogen-bond acceptors (Lipinski definition) is 9. The first-order valence-corrected chi connectivity index (χ1v) is 11.3. The molecule has 0 aromatic heterocycles. The molecule has 0 spiro atoms. The molecule has 2 N–H and O–H groups in total. The number of esters is 3. The van der Waals surface area contributed by atoms with Crippen LogP contribution in [0.1, 0.15) is 38.7 Å². The van der Waals surface area contributed by atoms with Crippen molar-refractivity contribution in [3.63, 3.8) is 0 Å². The highest BCUT2D eigenvalue weighted by atomic mass is 16.6. The maximum Gasteiger partial charge on any atom is 0.338 e. The number of carbonyl (C=O) groups is 5. The molecule has 1 aliphatic heterocycles. The van der Waals surface area contributed by atoms with E-state index in [1.54, 1.807) is 12.1 Å². The second-order valence-electron chi connectivity index (χ2n) is 8.46. The van der Waals surface area contributed by atoms with Crippen LogP contribution in [0.3, 0.4) is 0 Å². The number of hydrogen-bond donors (Lipinski definition) is 2. The molecule has 4 atom stereocenters. The maximum absolute atomic E-state index is 12.9. The van der Waals surface area contributed by atoms with Crippen LogP contribution in [0, 0.1) is 5.92 Å². The first kappa shape index (κ1) is 27.8. The van der Waals surface area contributed by atoms with Crippen LogP contribution >= 0.6 is 0 Å². The van der Waals surface area contributed by atoms with E-state index < -0.39 is 54.0 Å². The van der Waals surface area contributed by atoms with Crippen molar-refractivity contribution in [3.8, 4) is 0 Å². The topological polar surface area (TPSA) is 150 Å². The lowest BCUT2D eigenvalue weighted by molar-refractivity contribution is -0.147. The van der Waals surface area contributed by atoms with Gasteiger partial charge in [0.05, 0.1) is 14.2 Å². The van der Waals surface area contributed by atoms with Gasteiger partial charge in [0.2, 0.25) is 5.91 Å². The highest BCUT2D eigenvalue weighted by Crippen LogP contribution is 2.24. The van der Waals surface area contributed by atoms with Gasteiger partial charge in [0, 0.05) is 6.42 Å². The molecule has 1 fully saturated rings. The van der Waals surface area contributed by atoms with Crippen LogP contribution in [-0.2, 0) is 49.5 Å². The molecule has 0 aliphatic carbocycles. The molecular weight excluding hydrogens is 460 g/mol. The Hall–Kier alpha value is -3.47. The Morgan fingerprint density at radius 1 is 0.943 bits per heavy atom. The van der Waals surface area contributed by atoms with Crippen molar-refractivity contribution in [2.75, 3.05) is 14.2 Å². The molecule has 192 valence electrons. The van der Waals surface area contributed by atoms with Crippen molar-refractivity contribution in [2.24, 2.45) is 5.92 Å². The average Bonchev–Trinajstić information content (AvgIpc) is 3.65.